The van der Waals surface area contributed by atoms with Gasteiger partial charge in [-0.1, -0.05) is 24.6 Å². The predicted molar refractivity (Wildman–Crippen MR) is 122 cm³/mol. The molecule has 2 N–H and O–H groups in total. The van der Waals surface area contributed by atoms with E-state index < -0.39 is 0 Å². The van der Waals surface area contributed by atoms with Crippen LogP contribution in [0, 0.1) is 0 Å². The van der Waals surface area contributed by atoms with Gasteiger partial charge >= 0.3 is 0 Å². The van der Waals surface area contributed by atoms with Crippen molar-refractivity contribution in [1.82, 2.24) is 24.4 Å². The van der Waals surface area contributed by atoms with Crippen molar-refractivity contribution in [3.8, 4) is 0 Å². The molecule has 0 radical (unpaired) electrons. The average Bonchev–Trinajstić information content (AvgIpc) is 3.10. The van der Waals surface area contributed by atoms with Gasteiger partial charge in [-0.2, -0.15) is 4.98 Å². The number of nitrogens with zero attached hydrogens (tertiary/aromatic N) is 4. The van der Waals surface area contributed by atoms with E-state index in [1.165, 1.54) is 32.4 Å². The minimum atomic E-state index is -0.217. The summed E-state index contributed by atoms with van der Waals surface area (Å²) >= 11 is 0. The van der Waals surface area contributed by atoms with Gasteiger partial charge in [0, 0.05) is 12.2 Å². The number of benzene rings is 1. The fraction of sp³-hybridized carbons (Fsp3) is 0.450. The molecule has 1 fully saturated rings. The number of unbranched alkanes of at least 4 members (excludes halogenated alkanes) is 1. The first-order chi connectivity index (χ1) is 13.3. The number of fused-ring (bicyclic) bond motifs is 1. The molecule has 0 atom stereocenters. The van der Waals surface area contributed by atoms with Crippen molar-refractivity contribution in [3.63, 3.8) is 0 Å². The van der Waals surface area contributed by atoms with Crippen LogP contribution in [0.25, 0.3) is 11.2 Å². The molecule has 0 bridgehead atoms. The number of H-pyrrole nitrogens is 1. The number of imidazole rings is 1. The third-order valence-electron chi connectivity index (χ3n) is 5.08. The van der Waals surface area contributed by atoms with E-state index in [1.807, 2.05) is 34.9 Å². The summed E-state index contributed by atoms with van der Waals surface area (Å²) in [5.74, 6) is 0.439. The Hall–Kier alpha value is -2.09. The van der Waals surface area contributed by atoms with Crippen molar-refractivity contribution in [2.45, 2.75) is 38.6 Å². The van der Waals surface area contributed by atoms with Gasteiger partial charge in [0.15, 0.2) is 11.2 Å². The molecule has 1 aromatic carbocycles. The van der Waals surface area contributed by atoms with Gasteiger partial charge in [0.1, 0.15) is 0 Å². The Balaban J connectivity index is 0.00000150. The Morgan fingerprint density at radius 2 is 1.72 bits per heavy atom. The number of halogens is 2. The van der Waals surface area contributed by atoms with Crippen LogP contribution in [0.4, 0.5) is 11.6 Å². The summed E-state index contributed by atoms with van der Waals surface area (Å²) in [6.45, 7) is 4.45. The molecule has 3 heterocycles. The van der Waals surface area contributed by atoms with Gasteiger partial charge in [0.25, 0.3) is 5.56 Å². The van der Waals surface area contributed by atoms with Crippen LogP contribution < -0.4 is 10.9 Å². The van der Waals surface area contributed by atoms with E-state index in [2.05, 4.69) is 25.2 Å². The highest BCUT2D eigenvalue weighted by Crippen LogP contribution is 2.14. The van der Waals surface area contributed by atoms with Crippen molar-refractivity contribution in [2.24, 2.45) is 0 Å². The lowest BCUT2D eigenvalue weighted by Gasteiger charge is -2.26. The van der Waals surface area contributed by atoms with Gasteiger partial charge in [-0.25, -0.2) is 4.98 Å². The lowest BCUT2D eigenvalue weighted by molar-refractivity contribution is 0.223. The Bertz CT molecular complexity index is 937. The number of aryl methyl sites for hydroxylation is 1. The van der Waals surface area contributed by atoms with Crippen molar-refractivity contribution < 1.29 is 0 Å². The summed E-state index contributed by atoms with van der Waals surface area (Å²) in [6.07, 6.45) is 7.96. The number of likely N-dealkylation sites (tertiary alicyclic amines) is 1. The van der Waals surface area contributed by atoms with Crippen LogP contribution in [0.3, 0.4) is 0 Å². The SMILES string of the molecule is Cl.Cl.O=c1[nH]c(Nc2ccccc2)nc2c1ncn2CCCCN1CCCCC1. The average molecular weight is 439 g/mol. The van der Waals surface area contributed by atoms with Crippen molar-refractivity contribution in [1.29, 1.82) is 0 Å². The fourth-order valence-corrected chi connectivity index (χ4v) is 3.64. The Morgan fingerprint density at radius 3 is 2.48 bits per heavy atom. The van der Waals surface area contributed by atoms with E-state index >= 15 is 0 Å². The Labute approximate surface area is 182 Å². The molecule has 0 aliphatic carbocycles. The molecule has 0 unspecified atom stereocenters. The van der Waals surface area contributed by atoms with Crippen molar-refractivity contribution in [2.75, 3.05) is 25.0 Å². The maximum atomic E-state index is 12.3. The second kappa shape index (κ2) is 11.2. The highest BCUT2D eigenvalue weighted by atomic mass is 35.5. The number of rotatable bonds is 7. The second-order valence-corrected chi connectivity index (χ2v) is 7.13. The summed E-state index contributed by atoms with van der Waals surface area (Å²) in [6, 6.07) is 9.69. The molecule has 9 heteroatoms. The molecule has 1 aliphatic rings. The van der Waals surface area contributed by atoms with Gasteiger partial charge in [0.05, 0.1) is 6.33 Å². The summed E-state index contributed by atoms with van der Waals surface area (Å²) in [7, 11) is 0. The number of anilines is 2. The molecule has 158 valence electrons. The first-order valence-electron chi connectivity index (χ1n) is 9.79. The van der Waals surface area contributed by atoms with Gasteiger partial charge in [-0.3, -0.25) is 9.78 Å². The molecule has 3 aromatic rings. The third kappa shape index (κ3) is 5.95. The number of hydrogen-bond acceptors (Lipinski definition) is 5. The predicted octanol–water partition coefficient (Wildman–Crippen LogP) is 3.97. The molecular weight excluding hydrogens is 411 g/mol. The molecular formula is C20H28Cl2N6O. The van der Waals surface area contributed by atoms with E-state index in [1.54, 1.807) is 6.33 Å². The number of piperidine rings is 1. The van der Waals surface area contributed by atoms with Crippen LogP contribution >= 0.6 is 24.8 Å². The highest BCUT2D eigenvalue weighted by molar-refractivity contribution is 5.85. The molecule has 0 amide bonds. The van der Waals surface area contributed by atoms with E-state index in [9.17, 15) is 4.79 Å². The summed E-state index contributed by atoms with van der Waals surface area (Å²) < 4.78 is 1.98. The van der Waals surface area contributed by atoms with Gasteiger partial charge in [0.2, 0.25) is 5.95 Å². The normalized spacial score (nSPS) is 14.2. The zero-order valence-electron chi connectivity index (χ0n) is 16.3. The first kappa shape index (κ1) is 23.2. The van der Waals surface area contributed by atoms with Crippen LogP contribution in [0.2, 0.25) is 0 Å². The lowest BCUT2D eigenvalue weighted by Crippen LogP contribution is -2.30. The summed E-state index contributed by atoms with van der Waals surface area (Å²) in [5, 5.41) is 3.15. The fourth-order valence-electron chi connectivity index (χ4n) is 3.64. The van der Waals surface area contributed by atoms with Gasteiger partial charge < -0.3 is 14.8 Å². The van der Waals surface area contributed by atoms with E-state index in [0.29, 0.717) is 17.1 Å². The summed E-state index contributed by atoms with van der Waals surface area (Å²) in [4.78, 5) is 26.5. The molecule has 4 rings (SSSR count). The molecule has 7 nitrogen and oxygen atoms in total. The number of aromatic amines is 1. The minimum Gasteiger partial charge on any atom is -0.326 e. The molecule has 2 aromatic heterocycles. The highest BCUT2D eigenvalue weighted by Gasteiger charge is 2.12. The van der Waals surface area contributed by atoms with E-state index in [4.69, 9.17) is 0 Å². The number of hydrogen-bond donors (Lipinski definition) is 2. The van der Waals surface area contributed by atoms with Crippen molar-refractivity contribution >= 4 is 47.6 Å². The van der Waals surface area contributed by atoms with Crippen LogP contribution in [0.5, 0.6) is 0 Å². The third-order valence-corrected chi connectivity index (χ3v) is 5.08. The zero-order chi connectivity index (χ0) is 18.5. The monoisotopic (exact) mass is 438 g/mol. The van der Waals surface area contributed by atoms with E-state index in [0.717, 1.165) is 31.6 Å². The lowest BCUT2D eigenvalue weighted by atomic mass is 10.1. The van der Waals surface area contributed by atoms with Gasteiger partial charge in [-0.15, -0.1) is 24.8 Å². The topological polar surface area (TPSA) is 78.8 Å². The van der Waals surface area contributed by atoms with Crippen LogP contribution in [-0.2, 0) is 6.54 Å². The summed E-state index contributed by atoms with van der Waals surface area (Å²) in [5.41, 5.74) is 1.69. The standard InChI is InChI=1S/C20H26N6O.2ClH/c27-19-17-18(23-20(24-19)22-16-9-3-1-4-10-16)26(15-21-17)14-8-7-13-25-11-5-2-6-12-25;;/h1,3-4,9-10,15H,2,5-8,11-14H2,(H2,22,23,24,27);2*1H. The van der Waals surface area contributed by atoms with Crippen LogP contribution in [-0.4, -0.2) is 44.1 Å². The number of aromatic nitrogens is 4. The number of para-hydroxylation sites is 1. The first-order valence-corrected chi connectivity index (χ1v) is 9.79. The second-order valence-electron chi connectivity index (χ2n) is 7.13. The maximum Gasteiger partial charge on any atom is 0.280 e. The number of nitrogens with one attached hydrogen (secondary N) is 2. The largest absolute Gasteiger partial charge is 0.326 e. The molecule has 0 spiro atoms. The Morgan fingerprint density at radius 1 is 1.00 bits per heavy atom. The minimum absolute atomic E-state index is 0. The van der Waals surface area contributed by atoms with E-state index in [-0.39, 0.29) is 30.4 Å². The zero-order valence-corrected chi connectivity index (χ0v) is 18.0. The smallest absolute Gasteiger partial charge is 0.280 e. The molecule has 1 aliphatic heterocycles. The maximum absolute atomic E-state index is 12.3. The molecule has 1 saturated heterocycles. The van der Waals surface area contributed by atoms with Gasteiger partial charge in [-0.05, 0) is 57.5 Å². The molecule has 29 heavy (non-hydrogen) atoms. The van der Waals surface area contributed by atoms with Crippen LogP contribution in [0.15, 0.2) is 41.5 Å². The van der Waals surface area contributed by atoms with Crippen LogP contribution in [0.1, 0.15) is 32.1 Å². The quantitative estimate of drug-likeness (QED) is 0.545. The van der Waals surface area contributed by atoms with Crippen molar-refractivity contribution in [3.05, 3.63) is 47.0 Å². The Kier molecular flexibility index (Phi) is 8.95. The molecule has 0 saturated carbocycles.